The van der Waals surface area contributed by atoms with Crippen LogP contribution < -0.4 is 5.32 Å². The van der Waals surface area contributed by atoms with Gasteiger partial charge in [-0.25, -0.2) is 4.98 Å². The Kier molecular flexibility index (Phi) is 5.43. The molecule has 0 saturated heterocycles. The fraction of sp³-hybridized carbons (Fsp3) is 0.400. The molecule has 1 aromatic heterocycles. The van der Waals surface area contributed by atoms with Gasteiger partial charge in [-0.3, -0.25) is 0 Å². The third kappa shape index (κ3) is 4.06. The highest BCUT2D eigenvalue weighted by molar-refractivity contribution is 8.01. The van der Waals surface area contributed by atoms with Gasteiger partial charge in [0.2, 0.25) is 0 Å². The van der Waals surface area contributed by atoms with Crippen molar-refractivity contribution in [3.63, 3.8) is 0 Å². The minimum absolute atomic E-state index is 0.379. The molecule has 2 nitrogen and oxygen atoms in total. The number of hydrogen-bond donors (Lipinski definition) is 1. The number of thiazole rings is 1. The van der Waals surface area contributed by atoms with Gasteiger partial charge in [-0.1, -0.05) is 36.9 Å². The number of aromatic nitrogens is 1. The molecule has 2 rings (SSSR count). The van der Waals surface area contributed by atoms with E-state index in [9.17, 15) is 0 Å². The molecule has 102 valence electrons. The third-order valence-electron chi connectivity index (χ3n) is 2.88. The Bertz CT molecular complexity index is 522. The molecule has 0 fully saturated rings. The summed E-state index contributed by atoms with van der Waals surface area (Å²) in [4.78, 5) is 5.83. The van der Waals surface area contributed by atoms with Crippen LogP contribution in [0.5, 0.6) is 0 Å². The summed E-state index contributed by atoms with van der Waals surface area (Å²) in [5.74, 6) is 0. The van der Waals surface area contributed by atoms with Crippen molar-refractivity contribution >= 4 is 23.1 Å². The Morgan fingerprint density at radius 2 is 2.16 bits per heavy atom. The molecule has 2 aromatic rings. The van der Waals surface area contributed by atoms with Gasteiger partial charge in [0.25, 0.3) is 0 Å². The van der Waals surface area contributed by atoms with E-state index >= 15 is 0 Å². The Morgan fingerprint density at radius 3 is 2.84 bits per heavy atom. The van der Waals surface area contributed by atoms with Crippen molar-refractivity contribution in [3.8, 4) is 0 Å². The summed E-state index contributed by atoms with van der Waals surface area (Å²) in [6.07, 6.45) is 1.16. The number of nitrogens with one attached hydrogen (secondary N) is 1. The lowest BCUT2D eigenvalue weighted by molar-refractivity contribution is 0.564. The van der Waals surface area contributed by atoms with Crippen LogP contribution in [0.25, 0.3) is 0 Å². The minimum Gasteiger partial charge on any atom is -0.310 e. The largest absolute Gasteiger partial charge is 0.310 e. The number of hydrogen-bond acceptors (Lipinski definition) is 4. The van der Waals surface area contributed by atoms with Gasteiger partial charge < -0.3 is 5.32 Å². The second kappa shape index (κ2) is 7.08. The third-order valence-corrected chi connectivity index (χ3v) is 5.03. The number of nitrogens with zero attached hydrogens (tertiary/aromatic N) is 1. The standard InChI is InChI=1S/C15H20N2S2/c1-4-9-16-12(3)13-7-5-6-8-14(13)19-15-17-11(2)10-18-15/h5-8,10,12,16H,4,9H2,1-3H3. The minimum atomic E-state index is 0.379. The van der Waals surface area contributed by atoms with E-state index in [0.29, 0.717) is 6.04 Å². The maximum absolute atomic E-state index is 4.53. The smallest absolute Gasteiger partial charge is 0.154 e. The Hall–Kier alpha value is -0.840. The SMILES string of the molecule is CCCNC(C)c1ccccc1Sc1nc(C)cs1. The van der Waals surface area contributed by atoms with Crippen LogP contribution >= 0.6 is 23.1 Å². The molecule has 0 amide bonds. The molecule has 1 N–H and O–H groups in total. The first kappa shape index (κ1) is 14.6. The fourth-order valence-corrected chi connectivity index (χ4v) is 3.89. The average Bonchev–Trinajstić information content (AvgIpc) is 2.82. The van der Waals surface area contributed by atoms with Crippen LogP contribution in [-0.4, -0.2) is 11.5 Å². The predicted molar refractivity (Wildman–Crippen MR) is 84.1 cm³/mol. The van der Waals surface area contributed by atoms with Crippen LogP contribution in [0.3, 0.4) is 0 Å². The van der Waals surface area contributed by atoms with Crippen LogP contribution in [0.2, 0.25) is 0 Å². The summed E-state index contributed by atoms with van der Waals surface area (Å²) < 4.78 is 1.12. The first-order valence-electron chi connectivity index (χ1n) is 6.63. The van der Waals surface area contributed by atoms with Crippen molar-refractivity contribution in [2.24, 2.45) is 0 Å². The summed E-state index contributed by atoms with van der Waals surface area (Å²) in [5.41, 5.74) is 2.45. The van der Waals surface area contributed by atoms with Crippen molar-refractivity contribution < 1.29 is 0 Å². The van der Waals surface area contributed by atoms with Gasteiger partial charge in [0.05, 0.1) is 0 Å². The molecule has 0 aliphatic heterocycles. The lowest BCUT2D eigenvalue weighted by Crippen LogP contribution is -2.19. The average molecular weight is 292 g/mol. The summed E-state index contributed by atoms with van der Waals surface area (Å²) in [6, 6.07) is 8.97. The first-order chi connectivity index (χ1) is 9.20. The lowest BCUT2D eigenvalue weighted by atomic mass is 10.1. The van der Waals surface area contributed by atoms with E-state index in [4.69, 9.17) is 0 Å². The van der Waals surface area contributed by atoms with Crippen molar-refractivity contribution in [2.45, 2.75) is 42.5 Å². The maximum atomic E-state index is 4.53. The first-order valence-corrected chi connectivity index (χ1v) is 8.32. The zero-order valence-electron chi connectivity index (χ0n) is 11.6. The van der Waals surface area contributed by atoms with E-state index in [1.165, 1.54) is 10.5 Å². The second-order valence-corrected chi connectivity index (χ2v) is 6.72. The molecular formula is C15H20N2S2. The second-order valence-electron chi connectivity index (χ2n) is 4.57. The van der Waals surface area contributed by atoms with Gasteiger partial charge >= 0.3 is 0 Å². The van der Waals surface area contributed by atoms with E-state index in [1.54, 1.807) is 23.1 Å². The van der Waals surface area contributed by atoms with Crippen molar-refractivity contribution in [2.75, 3.05) is 6.54 Å². The number of aryl methyl sites for hydroxylation is 1. The van der Waals surface area contributed by atoms with Gasteiger partial charge in [-0.05, 0) is 38.4 Å². The van der Waals surface area contributed by atoms with E-state index < -0.39 is 0 Å². The van der Waals surface area contributed by atoms with E-state index in [2.05, 4.69) is 53.8 Å². The zero-order chi connectivity index (χ0) is 13.7. The highest BCUT2D eigenvalue weighted by atomic mass is 32.2. The van der Waals surface area contributed by atoms with E-state index in [1.807, 2.05) is 6.92 Å². The summed E-state index contributed by atoms with van der Waals surface area (Å²) in [6.45, 7) is 7.51. The molecule has 1 atom stereocenters. The van der Waals surface area contributed by atoms with Crippen molar-refractivity contribution in [1.29, 1.82) is 0 Å². The molecule has 0 aliphatic rings. The van der Waals surface area contributed by atoms with Crippen LogP contribution in [0, 0.1) is 6.92 Å². The predicted octanol–water partition coefficient (Wildman–Crippen LogP) is 4.66. The number of rotatable bonds is 6. The normalized spacial score (nSPS) is 12.6. The molecular weight excluding hydrogens is 272 g/mol. The number of benzene rings is 1. The summed E-state index contributed by atoms with van der Waals surface area (Å²) >= 11 is 3.48. The molecule has 0 bridgehead atoms. The molecule has 4 heteroatoms. The van der Waals surface area contributed by atoms with Crippen LogP contribution in [0.4, 0.5) is 0 Å². The molecule has 1 aromatic carbocycles. The summed E-state index contributed by atoms with van der Waals surface area (Å²) in [7, 11) is 0. The highest BCUT2D eigenvalue weighted by Crippen LogP contribution is 2.34. The molecule has 0 radical (unpaired) electrons. The fourth-order valence-electron chi connectivity index (χ4n) is 1.88. The van der Waals surface area contributed by atoms with Crippen LogP contribution in [0.1, 0.15) is 37.6 Å². The van der Waals surface area contributed by atoms with Gasteiger partial charge in [-0.2, -0.15) is 0 Å². The van der Waals surface area contributed by atoms with E-state index in [-0.39, 0.29) is 0 Å². The molecule has 0 spiro atoms. The van der Waals surface area contributed by atoms with Gasteiger partial charge in [0.15, 0.2) is 4.34 Å². The van der Waals surface area contributed by atoms with Gasteiger partial charge in [0, 0.05) is 22.0 Å². The monoisotopic (exact) mass is 292 g/mol. The molecule has 1 heterocycles. The van der Waals surface area contributed by atoms with Crippen molar-refractivity contribution in [3.05, 3.63) is 40.9 Å². The van der Waals surface area contributed by atoms with Crippen LogP contribution in [0.15, 0.2) is 38.9 Å². The van der Waals surface area contributed by atoms with Gasteiger partial charge in [-0.15, -0.1) is 11.3 Å². The van der Waals surface area contributed by atoms with Gasteiger partial charge in [0.1, 0.15) is 0 Å². The molecule has 0 saturated carbocycles. The lowest BCUT2D eigenvalue weighted by Gasteiger charge is -2.16. The maximum Gasteiger partial charge on any atom is 0.154 e. The Balaban J connectivity index is 2.16. The van der Waals surface area contributed by atoms with Crippen molar-refractivity contribution in [1.82, 2.24) is 10.3 Å². The summed E-state index contributed by atoms with van der Waals surface area (Å²) in [5, 5.41) is 5.65. The topological polar surface area (TPSA) is 24.9 Å². The molecule has 1 unspecified atom stereocenters. The van der Waals surface area contributed by atoms with E-state index in [0.717, 1.165) is 23.0 Å². The highest BCUT2D eigenvalue weighted by Gasteiger charge is 2.11. The molecule has 0 aliphatic carbocycles. The Labute approximate surface area is 123 Å². The zero-order valence-corrected chi connectivity index (χ0v) is 13.3. The molecule has 19 heavy (non-hydrogen) atoms. The Morgan fingerprint density at radius 1 is 1.37 bits per heavy atom. The quantitative estimate of drug-likeness (QED) is 0.838. The van der Waals surface area contributed by atoms with Crippen LogP contribution in [-0.2, 0) is 0 Å².